The number of nitrogens with one attached hydrogen (secondary N) is 1. The predicted octanol–water partition coefficient (Wildman–Crippen LogP) is 4.97. The molecule has 0 aromatic heterocycles. The molecule has 1 atom stereocenters. The highest BCUT2D eigenvalue weighted by atomic mass is 35.5. The Bertz CT molecular complexity index is 867. The average Bonchev–Trinajstić information content (AvgIpc) is 2.66. The zero-order valence-corrected chi connectivity index (χ0v) is 17.3. The highest BCUT2D eigenvalue weighted by Gasteiger charge is 2.21. The SMILES string of the molecule is CC(C)NC[C@H](CC=O)N(Cc1cc(F)ccc1Cl)c1ccc(C#N)c(Cl)c1. The van der Waals surface area contributed by atoms with Crippen LogP contribution < -0.4 is 10.2 Å². The van der Waals surface area contributed by atoms with E-state index in [1.54, 1.807) is 18.2 Å². The molecule has 1 N–H and O–H groups in total. The first-order valence-corrected chi connectivity index (χ1v) is 9.68. The van der Waals surface area contributed by atoms with Gasteiger partial charge in [-0.25, -0.2) is 4.39 Å². The number of carbonyl (C=O) groups is 1. The van der Waals surface area contributed by atoms with Gasteiger partial charge in [-0.3, -0.25) is 0 Å². The first-order chi connectivity index (χ1) is 13.3. The number of carbonyl (C=O) groups excluding carboxylic acids is 1. The fraction of sp³-hybridized carbons (Fsp3) is 0.333. The normalized spacial score (nSPS) is 11.9. The van der Waals surface area contributed by atoms with Crippen LogP contribution in [0.2, 0.25) is 10.0 Å². The molecule has 0 aliphatic carbocycles. The molecule has 7 heteroatoms. The summed E-state index contributed by atoms with van der Waals surface area (Å²) < 4.78 is 13.8. The highest BCUT2D eigenvalue weighted by Crippen LogP contribution is 2.29. The molecule has 2 aromatic rings. The van der Waals surface area contributed by atoms with E-state index in [0.29, 0.717) is 27.7 Å². The minimum atomic E-state index is -0.385. The van der Waals surface area contributed by atoms with Crippen LogP contribution in [0.5, 0.6) is 0 Å². The van der Waals surface area contributed by atoms with Crippen molar-refractivity contribution in [3.05, 3.63) is 63.4 Å². The van der Waals surface area contributed by atoms with Gasteiger partial charge in [0.2, 0.25) is 0 Å². The second kappa shape index (κ2) is 10.4. The monoisotopic (exact) mass is 421 g/mol. The molecular weight excluding hydrogens is 400 g/mol. The lowest BCUT2D eigenvalue weighted by Crippen LogP contribution is -2.44. The summed E-state index contributed by atoms with van der Waals surface area (Å²) in [4.78, 5) is 13.3. The number of nitriles is 1. The lowest BCUT2D eigenvalue weighted by atomic mass is 10.1. The summed E-state index contributed by atoms with van der Waals surface area (Å²) >= 11 is 12.5. The topological polar surface area (TPSA) is 56.1 Å². The molecule has 0 unspecified atom stereocenters. The molecule has 0 heterocycles. The maximum Gasteiger partial charge on any atom is 0.123 e. The van der Waals surface area contributed by atoms with E-state index in [2.05, 4.69) is 5.32 Å². The van der Waals surface area contributed by atoms with E-state index in [4.69, 9.17) is 28.5 Å². The Balaban J connectivity index is 2.46. The Hall–Kier alpha value is -2.13. The van der Waals surface area contributed by atoms with Gasteiger partial charge in [0, 0.05) is 42.3 Å². The van der Waals surface area contributed by atoms with Crippen molar-refractivity contribution < 1.29 is 9.18 Å². The van der Waals surface area contributed by atoms with Crippen LogP contribution in [-0.4, -0.2) is 24.9 Å². The molecule has 0 aliphatic rings. The van der Waals surface area contributed by atoms with Gasteiger partial charge in [-0.2, -0.15) is 5.26 Å². The third-order valence-electron chi connectivity index (χ3n) is 4.32. The van der Waals surface area contributed by atoms with Gasteiger partial charge in [0.1, 0.15) is 18.2 Å². The predicted molar refractivity (Wildman–Crippen MR) is 111 cm³/mol. The van der Waals surface area contributed by atoms with Crippen LogP contribution >= 0.6 is 23.2 Å². The van der Waals surface area contributed by atoms with Crippen molar-refractivity contribution >= 4 is 35.2 Å². The van der Waals surface area contributed by atoms with E-state index in [9.17, 15) is 9.18 Å². The van der Waals surface area contributed by atoms with Crippen LogP contribution in [-0.2, 0) is 11.3 Å². The lowest BCUT2D eigenvalue weighted by molar-refractivity contribution is -0.108. The third kappa shape index (κ3) is 5.93. The summed E-state index contributed by atoms with van der Waals surface area (Å²) in [7, 11) is 0. The zero-order valence-electron chi connectivity index (χ0n) is 15.8. The van der Waals surface area contributed by atoms with Gasteiger partial charge in [0.15, 0.2) is 0 Å². The van der Waals surface area contributed by atoms with Crippen LogP contribution in [0.3, 0.4) is 0 Å². The first kappa shape index (κ1) is 22.2. The molecule has 0 amide bonds. The molecule has 0 bridgehead atoms. The van der Waals surface area contributed by atoms with E-state index >= 15 is 0 Å². The van der Waals surface area contributed by atoms with Crippen molar-refractivity contribution in [2.75, 3.05) is 11.4 Å². The molecule has 0 saturated heterocycles. The number of rotatable bonds is 9. The Kier molecular flexibility index (Phi) is 8.25. The summed E-state index contributed by atoms with van der Waals surface area (Å²) in [6.07, 6.45) is 1.13. The Morgan fingerprint density at radius 2 is 1.96 bits per heavy atom. The number of aldehydes is 1. The number of hydrogen-bond donors (Lipinski definition) is 1. The molecule has 0 radical (unpaired) electrons. The van der Waals surface area contributed by atoms with Crippen LogP contribution in [0.15, 0.2) is 36.4 Å². The second-order valence-electron chi connectivity index (χ2n) is 6.76. The fourth-order valence-electron chi connectivity index (χ4n) is 2.86. The van der Waals surface area contributed by atoms with Crippen LogP contribution in [0, 0.1) is 17.1 Å². The molecular formula is C21H22Cl2FN3O. The largest absolute Gasteiger partial charge is 0.362 e. The van der Waals surface area contributed by atoms with Crippen LogP contribution in [0.4, 0.5) is 10.1 Å². The van der Waals surface area contributed by atoms with E-state index < -0.39 is 0 Å². The van der Waals surface area contributed by atoms with Crippen LogP contribution in [0.25, 0.3) is 0 Å². The van der Waals surface area contributed by atoms with Gasteiger partial charge in [-0.05, 0) is 42.0 Å². The third-order valence-corrected chi connectivity index (χ3v) is 5.01. The Labute approximate surface area is 174 Å². The zero-order chi connectivity index (χ0) is 20.7. The van der Waals surface area contributed by atoms with E-state index in [-0.39, 0.29) is 30.9 Å². The maximum atomic E-state index is 13.8. The molecule has 0 spiro atoms. The maximum absolute atomic E-state index is 13.8. The number of benzene rings is 2. The Morgan fingerprint density at radius 1 is 1.21 bits per heavy atom. The van der Waals surface area contributed by atoms with Gasteiger partial charge < -0.3 is 15.0 Å². The summed E-state index contributed by atoms with van der Waals surface area (Å²) in [5, 5.41) is 13.2. The summed E-state index contributed by atoms with van der Waals surface area (Å²) in [6, 6.07) is 11.3. The standard InChI is InChI=1S/C21H22Cl2FN3O/c1-14(2)26-12-19(7-8-28)27(13-16-9-17(24)4-6-20(16)22)18-5-3-15(11-25)21(23)10-18/h3-6,8-10,14,19,26H,7,12-13H2,1-2H3/t19-/m0/s1. The molecule has 0 fully saturated rings. The average molecular weight is 422 g/mol. The summed E-state index contributed by atoms with van der Waals surface area (Å²) in [5.74, 6) is -0.385. The van der Waals surface area contributed by atoms with Crippen molar-refractivity contribution in [1.82, 2.24) is 5.32 Å². The minimum Gasteiger partial charge on any atom is -0.362 e. The lowest BCUT2D eigenvalue weighted by Gasteiger charge is -2.34. The van der Waals surface area contributed by atoms with Gasteiger partial charge in [-0.1, -0.05) is 37.0 Å². The van der Waals surface area contributed by atoms with Crippen LogP contribution in [0.1, 0.15) is 31.4 Å². The second-order valence-corrected chi connectivity index (χ2v) is 7.57. The van der Waals surface area contributed by atoms with Gasteiger partial charge in [0.05, 0.1) is 10.6 Å². The van der Waals surface area contributed by atoms with E-state index in [0.717, 1.165) is 12.0 Å². The first-order valence-electron chi connectivity index (χ1n) is 8.93. The van der Waals surface area contributed by atoms with E-state index in [1.165, 1.54) is 18.2 Å². The van der Waals surface area contributed by atoms with Crippen molar-refractivity contribution in [1.29, 1.82) is 5.26 Å². The van der Waals surface area contributed by atoms with Crippen molar-refractivity contribution in [3.63, 3.8) is 0 Å². The van der Waals surface area contributed by atoms with E-state index in [1.807, 2.05) is 24.8 Å². The fourth-order valence-corrected chi connectivity index (χ4v) is 3.25. The van der Waals surface area contributed by atoms with Crippen molar-refractivity contribution in [2.45, 2.75) is 38.9 Å². The summed E-state index contributed by atoms with van der Waals surface area (Å²) in [6.45, 7) is 4.87. The number of halogens is 3. The molecule has 4 nitrogen and oxygen atoms in total. The van der Waals surface area contributed by atoms with Crippen molar-refractivity contribution in [2.24, 2.45) is 0 Å². The molecule has 2 rings (SSSR count). The number of nitrogens with zero attached hydrogens (tertiary/aromatic N) is 2. The van der Waals surface area contributed by atoms with Crippen molar-refractivity contribution in [3.8, 4) is 6.07 Å². The smallest absolute Gasteiger partial charge is 0.123 e. The van der Waals surface area contributed by atoms with Gasteiger partial charge in [0.25, 0.3) is 0 Å². The molecule has 148 valence electrons. The number of anilines is 1. The molecule has 28 heavy (non-hydrogen) atoms. The van der Waals surface area contributed by atoms with Gasteiger partial charge >= 0.3 is 0 Å². The Morgan fingerprint density at radius 3 is 2.57 bits per heavy atom. The summed E-state index contributed by atoms with van der Waals surface area (Å²) in [5.41, 5.74) is 1.69. The highest BCUT2D eigenvalue weighted by molar-refractivity contribution is 6.32. The minimum absolute atomic E-state index is 0.205. The molecule has 0 aliphatic heterocycles. The molecule has 2 aromatic carbocycles. The van der Waals surface area contributed by atoms with Gasteiger partial charge in [-0.15, -0.1) is 0 Å². The number of hydrogen-bond acceptors (Lipinski definition) is 4. The molecule has 0 saturated carbocycles. The quantitative estimate of drug-likeness (QED) is 0.580.